The van der Waals surface area contributed by atoms with Gasteiger partial charge in [0.15, 0.2) is 5.82 Å². The molecule has 1 aromatic heterocycles. The van der Waals surface area contributed by atoms with Crippen molar-refractivity contribution in [2.45, 2.75) is 40.2 Å². The van der Waals surface area contributed by atoms with Crippen molar-refractivity contribution in [3.8, 4) is 0 Å². The molecule has 0 bridgehead atoms. The van der Waals surface area contributed by atoms with E-state index in [1.54, 1.807) is 12.3 Å². The number of hydrogen-bond acceptors (Lipinski definition) is 5. The zero-order valence-corrected chi connectivity index (χ0v) is 14.2. The van der Waals surface area contributed by atoms with Crippen molar-refractivity contribution in [2.75, 3.05) is 17.2 Å². The van der Waals surface area contributed by atoms with Gasteiger partial charge in [-0.15, -0.1) is 0 Å². The standard InChI is InChI=1S/C17H23N3O3/c1-16(2,3)23-13(21)7-6-11-8-12-14(18-9-11)20-15(22)17(4,5)10-19-12/h6-9,19H,10H2,1-5H3,(H,18,20,22)/b7-6+. The molecule has 2 N–H and O–H groups in total. The molecule has 6 nitrogen and oxygen atoms in total. The minimum atomic E-state index is -0.523. The van der Waals surface area contributed by atoms with Gasteiger partial charge in [-0.1, -0.05) is 0 Å². The minimum Gasteiger partial charge on any atom is -0.457 e. The Morgan fingerprint density at radius 1 is 1.39 bits per heavy atom. The molecule has 1 amide bonds. The molecular formula is C17H23N3O3. The van der Waals surface area contributed by atoms with Crippen molar-refractivity contribution in [3.05, 3.63) is 23.9 Å². The highest BCUT2D eigenvalue weighted by Crippen LogP contribution is 2.29. The van der Waals surface area contributed by atoms with Crippen LogP contribution in [0.1, 0.15) is 40.2 Å². The minimum absolute atomic E-state index is 0.0757. The Bertz CT molecular complexity index is 658. The number of nitrogens with zero attached hydrogens (tertiary/aromatic N) is 1. The molecule has 0 aliphatic carbocycles. The SMILES string of the molecule is CC(C)(C)OC(=O)/C=C/c1cnc2c(c1)NCC(C)(C)C(=O)N2. The van der Waals surface area contributed by atoms with Crippen LogP contribution in [0.5, 0.6) is 0 Å². The van der Waals surface area contributed by atoms with Crippen LogP contribution in [0.4, 0.5) is 11.5 Å². The summed E-state index contributed by atoms with van der Waals surface area (Å²) in [5.41, 5.74) is 0.435. The largest absolute Gasteiger partial charge is 0.457 e. The van der Waals surface area contributed by atoms with Crippen LogP contribution in [0.3, 0.4) is 0 Å². The van der Waals surface area contributed by atoms with Gasteiger partial charge < -0.3 is 15.4 Å². The molecule has 23 heavy (non-hydrogen) atoms. The Balaban J connectivity index is 2.15. The summed E-state index contributed by atoms with van der Waals surface area (Å²) >= 11 is 0. The second kappa shape index (κ2) is 6.02. The molecule has 124 valence electrons. The van der Waals surface area contributed by atoms with Crippen LogP contribution in [0.25, 0.3) is 6.08 Å². The molecule has 0 radical (unpaired) electrons. The summed E-state index contributed by atoms with van der Waals surface area (Å²) in [6.07, 6.45) is 4.61. The Morgan fingerprint density at radius 3 is 2.74 bits per heavy atom. The number of hydrogen-bond donors (Lipinski definition) is 2. The maximum absolute atomic E-state index is 12.1. The van der Waals surface area contributed by atoms with Crippen LogP contribution in [-0.4, -0.2) is 29.0 Å². The molecule has 0 atom stereocenters. The number of rotatable bonds is 2. The van der Waals surface area contributed by atoms with E-state index >= 15 is 0 Å². The van der Waals surface area contributed by atoms with Crippen LogP contribution in [0.2, 0.25) is 0 Å². The smallest absolute Gasteiger partial charge is 0.331 e. The van der Waals surface area contributed by atoms with Crippen LogP contribution in [-0.2, 0) is 14.3 Å². The van der Waals surface area contributed by atoms with Crippen molar-refractivity contribution in [1.82, 2.24) is 4.98 Å². The van der Waals surface area contributed by atoms with Crippen molar-refractivity contribution in [3.63, 3.8) is 0 Å². The number of pyridine rings is 1. The molecule has 0 fully saturated rings. The predicted molar refractivity (Wildman–Crippen MR) is 90.0 cm³/mol. The fourth-order valence-electron chi connectivity index (χ4n) is 1.98. The van der Waals surface area contributed by atoms with Crippen molar-refractivity contribution in [2.24, 2.45) is 5.41 Å². The third-order valence-corrected chi connectivity index (χ3v) is 3.29. The monoisotopic (exact) mass is 317 g/mol. The van der Waals surface area contributed by atoms with Gasteiger partial charge in [0.2, 0.25) is 5.91 Å². The normalized spacial score (nSPS) is 17.0. The summed E-state index contributed by atoms with van der Waals surface area (Å²) in [4.78, 5) is 28.0. The Morgan fingerprint density at radius 2 is 2.09 bits per heavy atom. The Kier molecular flexibility index (Phi) is 4.45. The highest BCUT2D eigenvalue weighted by molar-refractivity contribution is 5.98. The maximum atomic E-state index is 12.1. The van der Waals surface area contributed by atoms with Crippen molar-refractivity contribution in [1.29, 1.82) is 0 Å². The number of aromatic nitrogens is 1. The second-order valence-corrected chi connectivity index (χ2v) is 7.22. The van der Waals surface area contributed by atoms with E-state index in [0.29, 0.717) is 12.4 Å². The summed E-state index contributed by atoms with van der Waals surface area (Å²) in [7, 11) is 0. The molecule has 1 aromatic rings. The third kappa shape index (κ3) is 4.55. The quantitative estimate of drug-likeness (QED) is 0.647. The number of nitrogens with one attached hydrogen (secondary N) is 2. The first kappa shape index (κ1) is 17.0. The average molecular weight is 317 g/mol. The van der Waals surface area contributed by atoms with Gasteiger partial charge in [0.25, 0.3) is 0 Å². The molecular weight excluding hydrogens is 294 g/mol. The number of esters is 1. The van der Waals surface area contributed by atoms with E-state index in [2.05, 4.69) is 15.6 Å². The predicted octanol–water partition coefficient (Wildman–Crippen LogP) is 2.83. The lowest BCUT2D eigenvalue weighted by Crippen LogP contribution is -2.34. The fourth-order valence-corrected chi connectivity index (χ4v) is 1.98. The number of ether oxygens (including phenoxy) is 1. The molecule has 0 unspecified atom stereocenters. The zero-order chi connectivity index (χ0) is 17.3. The van der Waals surface area contributed by atoms with Crippen LogP contribution < -0.4 is 10.6 Å². The molecule has 1 aliphatic rings. The highest BCUT2D eigenvalue weighted by Gasteiger charge is 2.31. The summed E-state index contributed by atoms with van der Waals surface area (Å²) in [6.45, 7) is 9.69. The number of amides is 1. The third-order valence-electron chi connectivity index (χ3n) is 3.29. The summed E-state index contributed by atoms with van der Waals surface area (Å²) in [5, 5.41) is 6.02. The summed E-state index contributed by atoms with van der Waals surface area (Å²) in [6, 6.07) is 1.84. The maximum Gasteiger partial charge on any atom is 0.331 e. The van der Waals surface area contributed by atoms with Crippen LogP contribution in [0, 0.1) is 5.41 Å². The van der Waals surface area contributed by atoms with E-state index in [-0.39, 0.29) is 5.91 Å². The average Bonchev–Trinajstić information content (AvgIpc) is 2.52. The van der Waals surface area contributed by atoms with Crippen LogP contribution in [0.15, 0.2) is 18.3 Å². The van der Waals surface area contributed by atoms with E-state index in [9.17, 15) is 9.59 Å². The molecule has 2 heterocycles. The first-order chi connectivity index (χ1) is 10.6. The lowest BCUT2D eigenvalue weighted by Gasteiger charge is -2.19. The van der Waals surface area contributed by atoms with Gasteiger partial charge in [-0.3, -0.25) is 4.79 Å². The number of carbonyl (C=O) groups is 2. The van der Waals surface area contributed by atoms with E-state index in [1.807, 2.05) is 40.7 Å². The van der Waals surface area contributed by atoms with E-state index in [4.69, 9.17) is 4.74 Å². The van der Waals surface area contributed by atoms with E-state index in [0.717, 1.165) is 11.3 Å². The molecule has 2 rings (SSSR count). The van der Waals surface area contributed by atoms with Gasteiger partial charge in [-0.2, -0.15) is 0 Å². The highest BCUT2D eigenvalue weighted by atomic mass is 16.6. The first-order valence-corrected chi connectivity index (χ1v) is 7.53. The number of fused-ring (bicyclic) bond motifs is 1. The molecule has 1 aliphatic heterocycles. The molecule has 0 spiro atoms. The lowest BCUT2D eigenvalue weighted by atomic mass is 9.93. The summed E-state index contributed by atoms with van der Waals surface area (Å²) < 4.78 is 5.21. The van der Waals surface area contributed by atoms with E-state index in [1.165, 1.54) is 6.08 Å². The zero-order valence-electron chi connectivity index (χ0n) is 14.2. The number of anilines is 2. The first-order valence-electron chi connectivity index (χ1n) is 7.53. The van der Waals surface area contributed by atoms with Gasteiger partial charge in [0.05, 0.1) is 11.1 Å². The molecule has 0 saturated carbocycles. The van der Waals surface area contributed by atoms with Gasteiger partial charge >= 0.3 is 5.97 Å². The Hall–Kier alpha value is -2.37. The van der Waals surface area contributed by atoms with E-state index < -0.39 is 17.0 Å². The summed E-state index contributed by atoms with van der Waals surface area (Å²) in [5.74, 6) is 0.0122. The van der Waals surface area contributed by atoms with Crippen molar-refractivity contribution < 1.29 is 14.3 Å². The second-order valence-electron chi connectivity index (χ2n) is 7.22. The Labute approximate surface area is 136 Å². The van der Waals surface area contributed by atoms with Gasteiger partial charge in [-0.05, 0) is 52.3 Å². The van der Waals surface area contributed by atoms with Gasteiger partial charge in [-0.25, -0.2) is 9.78 Å². The molecule has 0 aromatic carbocycles. The topological polar surface area (TPSA) is 80.3 Å². The van der Waals surface area contributed by atoms with Gasteiger partial charge in [0, 0.05) is 18.8 Å². The lowest BCUT2D eigenvalue weighted by molar-refractivity contribution is -0.148. The van der Waals surface area contributed by atoms with Gasteiger partial charge in [0.1, 0.15) is 5.60 Å². The fraction of sp³-hybridized carbons (Fsp3) is 0.471. The number of carbonyl (C=O) groups excluding carboxylic acids is 2. The molecule has 0 saturated heterocycles. The van der Waals surface area contributed by atoms with Crippen molar-refractivity contribution >= 4 is 29.5 Å². The molecule has 6 heteroatoms. The van der Waals surface area contributed by atoms with Crippen LogP contribution >= 0.6 is 0 Å².